The van der Waals surface area contributed by atoms with Crippen LogP contribution in [0.25, 0.3) is 0 Å². The molecule has 0 spiro atoms. The number of carboxylic acids is 1. The highest BCUT2D eigenvalue weighted by Gasteiger charge is 2.12. The van der Waals surface area contributed by atoms with E-state index in [1.165, 1.54) is 0 Å². The number of rotatable bonds is 4. The molecule has 3 nitrogen and oxygen atoms in total. The van der Waals surface area contributed by atoms with E-state index in [0.29, 0.717) is 6.42 Å². The zero-order valence-corrected chi connectivity index (χ0v) is 8.97. The van der Waals surface area contributed by atoms with Crippen LogP contribution in [0.15, 0.2) is 24.3 Å². The summed E-state index contributed by atoms with van der Waals surface area (Å²) >= 11 is 0. The van der Waals surface area contributed by atoms with Gasteiger partial charge in [-0.2, -0.15) is 0 Å². The van der Waals surface area contributed by atoms with Crippen LogP contribution in [-0.2, 0) is 11.2 Å². The molecule has 1 aromatic rings. The molecule has 2 N–H and O–H groups in total. The maximum Gasteiger partial charge on any atom is 0.310 e. The first-order valence-corrected chi connectivity index (χ1v) is 5.00. The Morgan fingerprint density at radius 1 is 1.27 bits per heavy atom. The van der Waals surface area contributed by atoms with Crippen LogP contribution in [0.5, 0.6) is 0 Å². The summed E-state index contributed by atoms with van der Waals surface area (Å²) in [5, 5.41) is 18.0. The summed E-state index contributed by atoms with van der Waals surface area (Å²) in [6.45, 7) is 3.39. The summed E-state index contributed by atoms with van der Waals surface area (Å²) < 4.78 is 0. The van der Waals surface area contributed by atoms with Gasteiger partial charge in [-0.1, -0.05) is 24.3 Å². The maximum absolute atomic E-state index is 10.7. The van der Waals surface area contributed by atoms with Gasteiger partial charge in [-0.3, -0.25) is 4.79 Å². The lowest BCUT2D eigenvalue weighted by Crippen LogP contribution is -2.08. The Hall–Kier alpha value is -1.35. The van der Waals surface area contributed by atoms with E-state index < -0.39 is 11.9 Å². The van der Waals surface area contributed by atoms with Gasteiger partial charge < -0.3 is 10.2 Å². The summed E-state index contributed by atoms with van der Waals surface area (Å²) in [4.78, 5) is 10.7. The molecule has 0 fully saturated rings. The Balaban J connectivity index is 2.76. The van der Waals surface area contributed by atoms with Crippen LogP contribution < -0.4 is 0 Å². The number of aliphatic hydroxyl groups is 1. The average Bonchev–Trinajstić information content (AvgIpc) is 2.17. The predicted octanol–water partition coefficient (Wildman–Crippen LogP) is 1.80. The van der Waals surface area contributed by atoms with Crippen molar-refractivity contribution in [3.05, 3.63) is 35.4 Å². The second-order valence-corrected chi connectivity index (χ2v) is 3.85. The molecule has 2 atom stereocenters. The fraction of sp³-hybridized carbons (Fsp3) is 0.417. The predicted molar refractivity (Wildman–Crippen MR) is 57.9 cm³/mol. The number of carbonyl (C=O) groups is 1. The maximum atomic E-state index is 10.7. The van der Waals surface area contributed by atoms with Crippen molar-refractivity contribution < 1.29 is 15.0 Å². The van der Waals surface area contributed by atoms with Crippen LogP contribution >= 0.6 is 0 Å². The quantitative estimate of drug-likeness (QED) is 0.793. The summed E-state index contributed by atoms with van der Waals surface area (Å²) in [5.74, 6) is -1.30. The van der Waals surface area contributed by atoms with Crippen molar-refractivity contribution in [3.8, 4) is 0 Å². The second-order valence-electron chi connectivity index (χ2n) is 3.85. The third-order valence-corrected chi connectivity index (χ3v) is 2.38. The van der Waals surface area contributed by atoms with Crippen molar-refractivity contribution in [1.82, 2.24) is 0 Å². The summed E-state index contributed by atoms with van der Waals surface area (Å²) in [7, 11) is 0. The number of hydrogen-bond acceptors (Lipinski definition) is 2. The number of aliphatic carboxylic acids is 1. The van der Waals surface area contributed by atoms with Crippen molar-refractivity contribution in [2.75, 3.05) is 0 Å². The Morgan fingerprint density at radius 3 is 2.20 bits per heavy atom. The van der Waals surface area contributed by atoms with E-state index >= 15 is 0 Å². The standard InChI is InChI=1S/C12H16O3/c1-8(13)7-10-3-5-11(6-4-10)9(2)12(14)15/h3-6,8-9,13H,7H2,1-2H3,(H,14,15). The lowest BCUT2D eigenvalue weighted by Gasteiger charge is -2.08. The van der Waals surface area contributed by atoms with Gasteiger partial charge in [0.15, 0.2) is 0 Å². The van der Waals surface area contributed by atoms with Gasteiger partial charge in [0.2, 0.25) is 0 Å². The van der Waals surface area contributed by atoms with Gasteiger partial charge in [0.05, 0.1) is 12.0 Å². The Bertz CT molecular complexity index is 327. The fourth-order valence-corrected chi connectivity index (χ4v) is 1.43. The third-order valence-electron chi connectivity index (χ3n) is 2.38. The number of benzene rings is 1. The zero-order valence-electron chi connectivity index (χ0n) is 8.97. The van der Waals surface area contributed by atoms with Crippen LogP contribution in [0.3, 0.4) is 0 Å². The van der Waals surface area contributed by atoms with Gasteiger partial charge >= 0.3 is 5.97 Å². The van der Waals surface area contributed by atoms with Crippen LogP contribution in [0.4, 0.5) is 0 Å². The SMILES string of the molecule is CC(O)Cc1ccc(C(C)C(=O)O)cc1. The molecule has 1 aromatic carbocycles. The minimum atomic E-state index is -0.821. The molecule has 2 unspecified atom stereocenters. The van der Waals surface area contributed by atoms with Crippen molar-refractivity contribution >= 4 is 5.97 Å². The number of aliphatic hydroxyl groups excluding tert-OH is 1. The van der Waals surface area contributed by atoms with Gasteiger partial charge in [0, 0.05) is 0 Å². The highest BCUT2D eigenvalue weighted by Crippen LogP contribution is 2.16. The Morgan fingerprint density at radius 2 is 1.80 bits per heavy atom. The van der Waals surface area contributed by atoms with Gasteiger partial charge in [-0.15, -0.1) is 0 Å². The van der Waals surface area contributed by atoms with Crippen molar-refractivity contribution in [2.24, 2.45) is 0 Å². The molecule has 1 rings (SSSR count). The summed E-state index contributed by atoms with van der Waals surface area (Å²) in [6.07, 6.45) is 0.231. The molecule has 0 aliphatic heterocycles. The van der Waals surface area contributed by atoms with Gasteiger partial charge in [0.1, 0.15) is 0 Å². The Kier molecular flexibility index (Phi) is 3.86. The molecule has 15 heavy (non-hydrogen) atoms. The molecule has 82 valence electrons. The summed E-state index contributed by atoms with van der Waals surface area (Å²) in [5.41, 5.74) is 1.81. The molecule has 0 aliphatic carbocycles. The third kappa shape index (κ3) is 3.36. The van der Waals surface area contributed by atoms with Crippen molar-refractivity contribution in [2.45, 2.75) is 32.3 Å². The lowest BCUT2D eigenvalue weighted by molar-refractivity contribution is -0.138. The molecule has 0 aliphatic rings. The molecule has 0 aromatic heterocycles. The van der Waals surface area contributed by atoms with Crippen molar-refractivity contribution in [3.63, 3.8) is 0 Å². The van der Waals surface area contributed by atoms with E-state index in [2.05, 4.69) is 0 Å². The first-order valence-electron chi connectivity index (χ1n) is 5.00. The second kappa shape index (κ2) is 4.94. The average molecular weight is 208 g/mol. The summed E-state index contributed by atoms with van der Waals surface area (Å²) in [6, 6.07) is 7.33. The fourth-order valence-electron chi connectivity index (χ4n) is 1.43. The van der Waals surface area contributed by atoms with Crippen LogP contribution in [0.2, 0.25) is 0 Å². The zero-order chi connectivity index (χ0) is 11.4. The normalized spacial score (nSPS) is 14.6. The molecule has 0 saturated heterocycles. The number of carboxylic acid groups (broad SMARTS) is 1. The molecule has 0 bridgehead atoms. The first kappa shape index (κ1) is 11.7. The van der Waals surface area contributed by atoms with Gasteiger partial charge in [-0.25, -0.2) is 0 Å². The van der Waals surface area contributed by atoms with E-state index in [1.807, 2.05) is 12.1 Å². The molecule has 0 saturated carbocycles. The number of hydrogen-bond donors (Lipinski definition) is 2. The van der Waals surface area contributed by atoms with E-state index in [4.69, 9.17) is 5.11 Å². The first-order chi connectivity index (χ1) is 7.00. The van der Waals surface area contributed by atoms with E-state index in [0.717, 1.165) is 11.1 Å². The van der Waals surface area contributed by atoms with Gasteiger partial charge in [-0.05, 0) is 31.4 Å². The topological polar surface area (TPSA) is 57.5 Å². The molecule has 0 radical (unpaired) electrons. The largest absolute Gasteiger partial charge is 0.481 e. The van der Waals surface area contributed by atoms with E-state index in [1.54, 1.807) is 26.0 Å². The Labute approximate surface area is 89.4 Å². The van der Waals surface area contributed by atoms with Crippen molar-refractivity contribution in [1.29, 1.82) is 0 Å². The highest BCUT2D eigenvalue weighted by molar-refractivity contribution is 5.75. The smallest absolute Gasteiger partial charge is 0.310 e. The van der Waals surface area contributed by atoms with Crippen LogP contribution in [0.1, 0.15) is 30.9 Å². The monoisotopic (exact) mass is 208 g/mol. The van der Waals surface area contributed by atoms with Crippen LogP contribution in [-0.4, -0.2) is 22.3 Å². The van der Waals surface area contributed by atoms with E-state index in [-0.39, 0.29) is 6.10 Å². The molecule has 0 heterocycles. The van der Waals surface area contributed by atoms with Gasteiger partial charge in [0.25, 0.3) is 0 Å². The molecule has 3 heteroatoms. The minimum absolute atomic E-state index is 0.368. The van der Waals surface area contributed by atoms with Crippen LogP contribution in [0, 0.1) is 0 Å². The molecular formula is C12H16O3. The highest BCUT2D eigenvalue weighted by atomic mass is 16.4. The van der Waals surface area contributed by atoms with E-state index in [9.17, 15) is 9.90 Å². The lowest BCUT2D eigenvalue weighted by atomic mass is 9.99. The molecule has 0 amide bonds. The minimum Gasteiger partial charge on any atom is -0.481 e. The molecular weight excluding hydrogens is 192 g/mol.